The zero-order valence-electron chi connectivity index (χ0n) is 13.6. The quantitative estimate of drug-likeness (QED) is 0.454. The fourth-order valence-corrected chi connectivity index (χ4v) is 2.13. The fourth-order valence-electron chi connectivity index (χ4n) is 1.87. The number of anilines is 1. The average molecular weight is 406 g/mol. The lowest BCUT2D eigenvalue weighted by molar-refractivity contribution is -0.136. The first-order chi connectivity index (χ1) is 12.0. The van der Waals surface area contributed by atoms with Crippen LogP contribution in [0.4, 0.5) is 5.69 Å². The van der Waals surface area contributed by atoms with Crippen LogP contribution in [0.15, 0.2) is 52.0 Å². The molecule has 0 unspecified atom stereocenters. The van der Waals surface area contributed by atoms with Gasteiger partial charge in [-0.15, -0.1) is 0 Å². The third-order valence-corrected chi connectivity index (χ3v) is 3.62. The number of amides is 2. The molecular formula is C17H16BrN3O4. The molecule has 0 bridgehead atoms. The van der Waals surface area contributed by atoms with E-state index >= 15 is 0 Å². The molecule has 7 nitrogen and oxygen atoms in total. The average Bonchev–Trinajstić information content (AvgIpc) is 2.63. The molecule has 2 rings (SSSR count). The van der Waals surface area contributed by atoms with Gasteiger partial charge in [0.1, 0.15) is 0 Å². The summed E-state index contributed by atoms with van der Waals surface area (Å²) in [5.41, 5.74) is 3.34. The van der Waals surface area contributed by atoms with Crippen LogP contribution in [0.1, 0.15) is 5.56 Å². The first-order valence-corrected chi connectivity index (χ1v) is 7.94. The molecule has 0 fully saturated rings. The number of ether oxygens (including phenoxy) is 2. The van der Waals surface area contributed by atoms with Crippen molar-refractivity contribution in [1.82, 2.24) is 5.43 Å². The van der Waals surface area contributed by atoms with Crippen molar-refractivity contribution >= 4 is 39.6 Å². The normalized spacial score (nSPS) is 10.4. The number of carbonyl (C=O) groups is 2. The summed E-state index contributed by atoms with van der Waals surface area (Å²) in [6, 6.07) is 12.0. The largest absolute Gasteiger partial charge is 0.493 e. The van der Waals surface area contributed by atoms with Crippen LogP contribution in [0.5, 0.6) is 11.5 Å². The Morgan fingerprint density at radius 1 is 1.00 bits per heavy atom. The van der Waals surface area contributed by atoms with E-state index in [9.17, 15) is 9.59 Å². The van der Waals surface area contributed by atoms with Gasteiger partial charge in [-0.25, -0.2) is 5.43 Å². The molecule has 2 amide bonds. The first-order valence-electron chi connectivity index (χ1n) is 7.15. The van der Waals surface area contributed by atoms with Crippen LogP contribution >= 0.6 is 15.9 Å². The second-order valence-corrected chi connectivity index (χ2v) is 5.69. The van der Waals surface area contributed by atoms with Gasteiger partial charge < -0.3 is 14.8 Å². The first kappa shape index (κ1) is 18.5. The van der Waals surface area contributed by atoms with Crippen LogP contribution in [0, 0.1) is 0 Å². The number of hydrogen-bond acceptors (Lipinski definition) is 5. The number of nitrogens with one attached hydrogen (secondary N) is 2. The molecule has 0 aliphatic heterocycles. The zero-order valence-corrected chi connectivity index (χ0v) is 15.2. The molecule has 2 aromatic rings. The Kier molecular flexibility index (Phi) is 6.53. The highest BCUT2D eigenvalue weighted by Gasteiger charge is 2.12. The number of carbonyl (C=O) groups excluding carboxylic acids is 2. The highest BCUT2D eigenvalue weighted by atomic mass is 79.9. The monoisotopic (exact) mass is 405 g/mol. The van der Waals surface area contributed by atoms with Gasteiger partial charge in [0.25, 0.3) is 0 Å². The van der Waals surface area contributed by atoms with Gasteiger partial charge in [0.15, 0.2) is 11.5 Å². The topological polar surface area (TPSA) is 89.0 Å². The lowest BCUT2D eigenvalue weighted by atomic mass is 10.2. The van der Waals surface area contributed by atoms with Crippen molar-refractivity contribution in [2.24, 2.45) is 5.10 Å². The highest BCUT2D eigenvalue weighted by Crippen LogP contribution is 2.26. The number of nitrogens with zero attached hydrogens (tertiary/aromatic N) is 1. The van der Waals surface area contributed by atoms with E-state index in [1.807, 2.05) is 0 Å². The number of halogens is 1. The highest BCUT2D eigenvalue weighted by molar-refractivity contribution is 9.10. The summed E-state index contributed by atoms with van der Waals surface area (Å²) < 4.78 is 11.2. The number of hydrazone groups is 1. The molecule has 0 atom stereocenters. The van der Waals surface area contributed by atoms with E-state index in [1.165, 1.54) is 20.4 Å². The van der Waals surface area contributed by atoms with Crippen LogP contribution in [-0.4, -0.2) is 32.2 Å². The Morgan fingerprint density at radius 2 is 1.68 bits per heavy atom. The maximum atomic E-state index is 11.8. The second kappa shape index (κ2) is 8.84. The standard InChI is InChI=1S/C17H16BrN3O4/c1-24-14-8-3-11(9-15(14)25-2)10-19-21-17(23)16(22)20-13-6-4-12(18)5-7-13/h3-10H,1-2H3,(H,20,22)(H,21,23)/b19-10-. The minimum absolute atomic E-state index is 0.507. The van der Waals surface area contributed by atoms with Gasteiger partial charge in [-0.3, -0.25) is 9.59 Å². The Hall–Kier alpha value is -2.87. The summed E-state index contributed by atoms with van der Waals surface area (Å²) in [5, 5.41) is 6.23. The van der Waals surface area contributed by atoms with Crippen LogP contribution in [0.3, 0.4) is 0 Å². The van der Waals surface area contributed by atoms with Crippen LogP contribution in [0.2, 0.25) is 0 Å². The van der Waals surface area contributed by atoms with E-state index in [0.717, 1.165) is 4.47 Å². The van der Waals surface area contributed by atoms with Gasteiger partial charge in [0.05, 0.1) is 20.4 Å². The van der Waals surface area contributed by atoms with Crippen molar-refractivity contribution in [3.63, 3.8) is 0 Å². The van der Waals surface area contributed by atoms with Crippen LogP contribution in [0.25, 0.3) is 0 Å². The number of benzene rings is 2. The summed E-state index contributed by atoms with van der Waals surface area (Å²) in [5.74, 6) is -0.574. The Morgan fingerprint density at radius 3 is 2.32 bits per heavy atom. The molecule has 0 saturated carbocycles. The molecule has 2 aromatic carbocycles. The van der Waals surface area contributed by atoms with Gasteiger partial charge in [-0.2, -0.15) is 5.10 Å². The van der Waals surface area contributed by atoms with Gasteiger partial charge in [-0.05, 0) is 48.0 Å². The van der Waals surface area contributed by atoms with Crippen molar-refractivity contribution in [3.8, 4) is 11.5 Å². The minimum Gasteiger partial charge on any atom is -0.493 e. The molecule has 8 heteroatoms. The van der Waals surface area contributed by atoms with Crippen molar-refractivity contribution in [3.05, 3.63) is 52.5 Å². The Bertz CT molecular complexity index is 791. The van der Waals surface area contributed by atoms with Gasteiger partial charge in [-0.1, -0.05) is 15.9 Å². The smallest absolute Gasteiger partial charge is 0.329 e. The van der Waals surface area contributed by atoms with E-state index < -0.39 is 11.8 Å². The molecule has 0 aromatic heterocycles. The van der Waals surface area contributed by atoms with E-state index in [0.29, 0.717) is 22.7 Å². The molecule has 130 valence electrons. The molecular weight excluding hydrogens is 390 g/mol. The molecule has 25 heavy (non-hydrogen) atoms. The van der Waals surface area contributed by atoms with Crippen LogP contribution in [-0.2, 0) is 9.59 Å². The lowest BCUT2D eigenvalue weighted by Gasteiger charge is -2.07. The predicted octanol–water partition coefficient (Wildman–Crippen LogP) is 2.56. The molecule has 0 saturated heterocycles. The van der Waals surface area contributed by atoms with E-state index in [-0.39, 0.29) is 0 Å². The summed E-state index contributed by atoms with van der Waals surface area (Å²) in [6.07, 6.45) is 1.40. The summed E-state index contributed by atoms with van der Waals surface area (Å²) >= 11 is 3.29. The lowest BCUT2D eigenvalue weighted by Crippen LogP contribution is -2.32. The molecule has 0 heterocycles. The number of rotatable bonds is 5. The van der Waals surface area contributed by atoms with Crippen molar-refractivity contribution in [2.75, 3.05) is 19.5 Å². The summed E-state index contributed by atoms with van der Waals surface area (Å²) in [6.45, 7) is 0. The van der Waals surface area contributed by atoms with Crippen molar-refractivity contribution < 1.29 is 19.1 Å². The van der Waals surface area contributed by atoms with Gasteiger partial charge in [0.2, 0.25) is 0 Å². The second-order valence-electron chi connectivity index (χ2n) is 4.77. The van der Waals surface area contributed by atoms with E-state index in [2.05, 4.69) is 31.8 Å². The number of hydrogen-bond donors (Lipinski definition) is 2. The Balaban J connectivity index is 1.93. The predicted molar refractivity (Wildman–Crippen MR) is 98.1 cm³/mol. The SMILES string of the molecule is COc1ccc(/C=N\NC(=O)C(=O)Nc2ccc(Br)cc2)cc1OC. The molecule has 0 spiro atoms. The van der Waals surface area contributed by atoms with Crippen molar-refractivity contribution in [2.45, 2.75) is 0 Å². The van der Waals surface area contributed by atoms with E-state index in [1.54, 1.807) is 42.5 Å². The molecule has 0 aliphatic rings. The molecule has 0 aliphatic carbocycles. The molecule has 2 N–H and O–H groups in total. The number of methoxy groups -OCH3 is 2. The fraction of sp³-hybridized carbons (Fsp3) is 0.118. The third kappa shape index (κ3) is 5.32. The Labute approximate surface area is 153 Å². The molecule has 0 radical (unpaired) electrons. The summed E-state index contributed by atoms with van der Waals surface area (Å²) in [4.78, 5) is 23.5. The van der Waals surface area contributed by atoms with Crippen molar-refractivity contribution in [1.29, 1.82) is 0 Å². The minimum atomic E-state index is -0.875. The van der Waals surface area contributed by atoms with E-state index in [4.69, 9.17) is 9.47 Å². The van der Waals surface area contributed by atoms with Gasteiger partial charge in [0, 0.05) is 10.2 Å². The third-order valence-electron chi connectivity index (χ3n) is 3.10. The zero-order chi connectivity index (χ0) is 18.2. The maximum absolute atomic E-state index is 11.8. The maximum Gasteiger partial charge on any atom is 0.329 e. The van der Waals surface area contributed by atoms with Gasteiger partial charge >= 0.3 is 11.8 Å². The van der Waals surface area contributed by atoms with Crippen LogP contribution < -0.4 is 20.2 Å². The summed E-state index contributed by atoms with van der Waals surface area (Å²) in [7, 11) is 3.06.